The summed E-state index contributed by atoms with van der Waals surface area (Å²) in [4.78, 5) is 26.2. The molecule has 3 aromatic rings. The Kier molecular flexibility index (Phi) is 6.35. The number of aromatic nitrogens is 2. The second-order valence-electron chi connectivity index (χ2n) is 6.19. The molecule has 140 valence electrons. The van der Waals surface area contributed by atoms with Crippen LogP contribution in [0.5, 0.6) is 0 Å². The zero-order chi connectivity index (χ0) is 19.1. The monoisotopic (exact) mass is 366 g/mol. The molecule has 2 aromatic carbocycles. The average Bonchev–Trinajstić information content (AvgIpc) is 2.68. The lowest BCUT2D eigenvalue weighted by atomic mass is 10.1. The Morgan fingerprint density at radius 3 is 2.33 bits per heavy atom. The van der Waals surface area contributed by atoms with Gasteiger partial charge in [-0.15, -0.1) is 0 Å². The molecule has 0 aliphatic carbocycles. The molecule has 0 saturated heterocycles. The molecule has 0 aliphatic heterocycles. The molecular weight excluding hydrogens is 344 g/mol. The summed E-state index contributed by atoms with van der Waals surface area (Å²) in [5.41, 5.74) is 1.54. The molecule has 0 bridgehead atoms. The first-order valence-electron chi connectivity index (χ1n) is 8.75. The van der Waals surface area contributed by atoms with Crippen molar-refractivity contribution in [2.24, 2.45) is 0 Å². The topological polar surface area (TPSA) is 73.3 Å². The standard InChI is InChI=1S/C21H22N2O4/c1-16(18-10-6-3-7-11-18)27-15-23-19(12-20(24)22-21(23)25)14-26-13-17-8-4-2-5-9-17/h2-12,16H,13-15H2,1H3,(H,22,24,25). The van der Waals surface area contributed by atoms with Gasteiger partial charge >= 0.3 is 5.69 Å². The van der Waals surface area contributed by atoms with Gasteiger partial charge in [0, 0.05) is 6.07 Å². The fraction of sp³-hybridized carbons (Fsp3) is 0.238. The van der Waals surface area contributed by atoms with Crippen LogP contribution in [-0.4, -0.2) is 9.55 Å². The van der Waals surface area contributed by atoms with Gasteiger partial charge < -0.3 is 9.47 Å². The molecule has 1 aromatic heterocycles. The summed E-state index contributed by atoms with van der Waals surface area (Å²) in [7, 11) is 0. The lowest BCUT2D eigenvalue weighted by molar-refractivity contribution is 0.00817. The SMILES string of the molecule is CC(OCn1c(COCc2ccccc2)cc(=O)[nH]c1=O)c1ccccc1. The summed E-state index contributed by atoms with van der Waals surface area (Å²) in [6, 6.07) is 20.8. The van der Waals surface area contributed by atoms with E-state index in [9.17, 15) is 9.59 Å². The van der Waals surface area contributed by atoms with Crippen molar-refractivity contribution >= 4 is 0 Å². The summed E-state index contributed by atoms with van der Waals surface area (Å²) >= 11 is 0. The van der Waals surface area contributed by atoms with Crippen LogP contribution in [-0.2, 0) is 29.4 Å². The van der Waals surface area contributed by atoms with Gasteiger partial charge in [0.2, 0.25) is 0 Å². The zero-order valence-electron chi connectivity index (χ0n) is 15.1. The smallest absolute Gasteiger partial charge is 0.330 e. The predicted octanol–water partition coefficient (Wildman–Crippen LogP) is 2.99. The lowest BCUT2D eigenvalue weighted by Gasteiger charge is -2.17. The molecule has 1 unspecified atom stereocenters. The van der Waals surface area contributed by atoms with Crippen LogP contribution in [0.15, 0.2) is 76.3 Å². The van der Waals surface area contributed by atoms with Crippen LogP contribution in [0.25, 0.3) is 0 Å². The van der Waals surface area contributed by atoms with Crippen molar-refractivity contribution < 1.29 is 9.47 Å². The Hall–Kier alpha value is -2.96. The predicted molar refractivity (Wildman–Crippen MR) is 102 cm³/mol. The molecular formula is C21H22N2O4. The van der Waals surface area contributed by atoms with E-state index < -0.39 is 11.2 Å². The zero-order valence-corrected chi connectivity index (χ0v) is 15.1. The molecule has 3 rings (SSSR count). The summed E-state index contributed by atoms with van der Waals surface area (Å²) in [6.45, 7) is 2.47. The molecule has 0 amide bonds. The van der Waals surface area contributed by atoms with Gasteiger partial charge in [0.25, 0.3) is 5.56 Å². The average molecular weight is 366 g/mol. The number of nitrogens with one attached hydrogen (secondary N) is 1. The van der Waals surface area contributed by atoms with E-state index in [2.05, 4.69) is 4.98 Å². The number of rotatable bonds is 8. The fourth-order valence-electron chi connectivity index (χ4n) is 2.68. The van der Waals surface area contributed by atoms with Crippen molar-refractivity contribution in [3.8, 4) is 0 Å². The van der Waals surface area contributed by atoms with Crippen LogP contribution in [0, 0.1) is 0 Å². The Labute approximate surface area is 157 Å². The molecule has 1 N–H and O–H groups in total. The third-order valence-electron chi connectivity index (χ3n) is 4.20. The molecule has 0 spiro atoms. The number of ether oxygens (including phenoxy) is 2. The number of nitrogens with zero attached hydrogens (tertiary/aromatic N) is 1. The molecule has 1 heterocycles. The van der Waals surface area contributed by atoms with Gasteiger partial charge in [-0.05, 0) is 18.1 Å². The number of H-pyrrole nitrogens is 1. The van der Waals surface area contributed by atoms with Gasteiger partial charge in [-0.25, -0.2) is 4.79 Å². The molecule has 0 fully saturated rings. The van der Waals surface area contributed by atoms with Crippen molar-refractivity contribution in [1.29, 1.82) is 0 Å². The van der Waals surface area contributed by atoms with E-state index in [1.807, 2.05) is 67.6 Å². The van der Waals surface area contributed by atoms with Crippen LogP contribution in [0.2, 0.25) is 0 Å². The van der Waals surface area contributed by atoms with Crippen LogP contribution in [0.1, 0.15) is 29.8 Å². The minimum atomic E-state index is -0.513. The Morgan fingerprint density at radius 2 is 1.63 bits per heavy atom. The molecule has 0 aliphatic rings. The van der Waals surface area contributed by atoms with E-state index in [1.54, 1.807) is 0 Å². The third kappa shape index (κ3) is 5.26. The Bertz CT molecular complexity index is 965. The van der Waals surface area contributed by atoms with E-state index in [1.165, 1.54) is 10.6 Å². The molecule has 6 nitrogen and oxygen atoms in total. The summed E-state index contributed by atoms with van der Waals surface area (Å²) in [5, 5.41) is 0. The molecule has 0 saturated carbocycles. The van der Waals surface area contributed by atoms with E-state index >= 15 is 0 Å². The normalized spacial score (nSPS) is 12.0. The lowest BCUT2D eigenvalue weighted by Crippen LogP contribution is -2.33. The van der Waals surface area contributed by atoms with Gasteiger partial charge in [0.1, 0.15) is 6.73 Å². The minimum Gasteiger partial charge on any atom is -0.371 e. The van der Waals surface area contributed by atoms with Crippen LogP contribution in [0.3, 0.4) is 0 Å². The minimum absolute atomic E-state index is 0.0235. The molecule has 0 radical (unpaired) electrons. The van der Waals surface area contributed by atoms with E-state index in [4.69, 9.17) is 9.47 Å². The second-order valence-corrected chi connectivity index (χ2v) is 6.19. The quantitative estimate of drug-likeness (QED) is 0.665. The summed E-state index contributed by atoms with van der Waals surface area (Å²) < 4.78 is 12.9. The first-order valence-corrected chi connectivity index (χ1v) is 8.75. The van der Waals surface area contributed by atoms with Crippen molar-refractivity contribution in [2.45, 2.75) is 33.0 Å². The Morgan fingerprint density at radius 1 is 0.963 bits per heavy atom. The number of hydrogen-bond acceptors (Lipinski definition) is 4. The first-order chi connectivity index (χ1) is 13.1. The summed E-state index contributed by atoms with van der Waals surface area (Å²) in [6.07, 6.45) is -0.192. The maximum atomic E-state index is 12.2. The highest BCUT2D eigenvalue weighted by atomic mass is 16.5. The van der Waals surface area contributed by atoms with Crippen molar-refractivity contribution in [1.82, 2.24) is 9.55 Å². The van der Waals surface area contributed by atoms with Crippen LogP contribution >= 0.6 is 0 Å². The molecule has 27 heavy (non-hydrogen) atoms. The van der Waals surface area contributed by atoms with Gasteiger partial charge in [-0.3, -0.25) is 14.3 Å². The van der Waals surface area contributed by atoms with E-state index in [0.29, 0.717) is 12.3 Å². The number of hydrogen-bond donors (Lipinski definition) is 1. The van der Waals surface area contributed by atoms with Crippen LogP contribution < -0.4 is 11.2 Å². The molecule has 6 heteroatoms. The van der Waals surface area contributed by atoms with Gasteiger partial charge in [-0.1, -0.05) is 60.7 Å². The first kappa shape index (κ1) is 18.8. The van der Waals surface area contributed by atoms with Gasteiger partial charge in [-0.2, -0.15) is 0 Å². The summed E-state index contributed by atoms with van der Waals surface area (Å²) in [5.74, 6) is 0. The number of aromatic amines is 1. The maximum absolute atomic E-state index is 12.2. The van der Waals surface area contributed by atoms with Crippen LogP contribution in [0.4, 0.5) is 0 Å². The largest absolute Gasteiger partial charge is 0.371 e. The highest BCUT2D eigenvalue weighted by Gasteiger charge is 2.10. The molecule has 1 atom stereocenters. The maximum Gasteiger partial charge on any atom is 0.330 e. The highest BCUT2D eigenvalue weighted by Crippen LogP contribution is 2.16. The van der Waals surface area contributed by atoms with Crippen molar-refractivity contribution in [3.63, 3.8) is 0 Å². The van der Waals surface area contributed by atoms with Gasteiger partial charge in [0.15, 0.2) is 0 Å². The van der Waals surface area contributed by atoms with E-state index in [0.717, 1.165) is 11.1 Å². The van der Waals surface area contributed by atoms with Crippen molar-refractivity contribution in [3.05, 3.63) is 104 Å². The van der Waals surface area contributed by atoms with Crippen molar-refractivity contribution in [2.75, 3.05) is 0 Å². The van der Waals surface area contributed by atoms with E-state index in [-0.39, 0.29) is 19.4 Å². The second kappa shape index (κ2) is 9.12. The fourth-order valence-corrected chi connectivity index (χ4v) is 2.68. The Balaban J connectivity index is 1.68. The highest BCUT2D eigenvalue weighted by molar-refractivity contribution is 5.17. The third-order valence-corrected chi connectivity index (χ3v) is 4.20. The van der Waals surface area contributed by atoms with Gasteiger partial charge in [0.05, 0.1) is 25.0 Å². The number of benzene rings is 2.